The predicted octanol–water partition coefficient (Wildman–Crippen LogP) is 6.08. The molecule has 308 valence electrons. The van der Waals surface area contributed by atoms with E-state index in [9.17, 15) is 14.5 Å². The number of pyridine rings is 2. The van der Waals surface area contributed by atoms with Gasteiger partial charge in [0.2, 0.25) is 0 Å². The first-order chi connectivity index (χ1) is 27.6. The second kappa shape index (κ2) is 35.4. The molecular weight excluding hydrogens is 737 g/mol. The molecule has 0 bridgehead atoms. The summed E-state index contributed by atoms with van der Waals surface area (Å²) in [5.74, 6) is 0.673. The van der Waals surface area contributed by atoms with E-state index in [4.69, 9.17) is 28.9 Å². The summed E-state index contributed by atoms with van der Waals surface area (Å²) in [7, 11) is 0. The van der Waals surface area contributed by atoms with E-state index in [0.717, 1.165) is 47.7 Å². The highest BCUT2D eigenvalue weighted by molar-refractivity contribution is 8.03. The summed E-state index contributed by atoms with van der Waals surface area (Å²) >= 11 is 1.16. The van der Waals surface area contributed by atoms with Crippen molar-refractivity contribution in [2.75, 3.05) is 98.0 Å². The van der Waals surface area contributed by atoms with Crippen LogP contribution in [-0.2, 0) is 30.2 Å². The summed E-state index contributed by atoms with van der Waals surface area (Å²) in [6.45, 7) is 16.1. The van der Waals surface area contributed by atoms with Gasteiger partial charge in [-0.2, -0.15) is 10.2 Å². The Morgan fingerprint density at radius 2 is 1.38 bits per heavy atom. The molecule has 14 nitrogen and oxygen atoms in total. The minimum atomic E-state index is -0.145. The molecule has 2 heterocycles. The molecule has 0 fully saturated rings. The molecule has 0 aliphatic heterocycles. The van der Waals surface area contributed by atoms with Crippen LogP contribution in [0.2, 0.25) is 0 Å². The molecule has 3 aromatic rings. The van der Waals surface area contributed by atoms with E-state index in [1.807, 2.05) is 43.5 Å². The van der Waals surface area contributed by atoms with Gasteiger partial charge in [0.15, 0.2) is 12.6 Å². The van der Waals surface area contributed by atoms with Crippen LogP contribution in [0.4, 0.5) is 0 Å². The zero-order chi connectivity index (χ0) is 40.9. The molecule has 0 amide bonds. The number of aryl methyl sites for hydroxylation is 1. The Balaban J connectivity index is 0.000000886. The van der Waals surface area contributed by atoms with Gasteiger partial charge in [0, 0.05) is 38.5 Å². The summed E-state index contributed by atoms with van der Waals surface area (Å²) in [5, 5.41) is 16.0. The number of nitrogens with zero attached hydrogens (tertiary/aromatic N) is 5. The third-order valence-corrected chi connectivity index (χ3v) is 7.99. The average Bonchev–Trinajstić information content (AvgIpc) is 3.24. The van der Waals surface area contributed by atoms with Crippen molar-refractivity contribution < 1.29 is 33.3 Å². The van der Waals surface area contributed by atoms with Gasteiger partial charge in [-0.05, 0) is 54.9 Å². The molecule has 0 spiro atoms. The van der Waals surface area contributed by atoms with Crippen LogP contribution in [0.3, 0.4) is 0 Å². The summed E-state index contributed by atoms with van der Waals surface area (Å²) in [6.07, 6.45) is 2.50. The van der Waals surface area contributed by atoms with Crippen LogP contribution in [-0.4, -0.2) is 125 Å². The fourth-order valence-electron chi connectivity index (χ4n) is 4.90. The number of thioether (sulfide) groups is 1. The van der Waals surface area contributed by atoms with Crippen LogP contribution in [0.1, 0.15) is 76.7 Å². The molecule has 3 rings (SSSR count). The van der Waals surface area contributed by atoms with Crippen molar-refractivity contribution in [1.82, 2.24) is 20.2 Å². The Bertz CT molecular complexity index is 1480. The molecule has 1 unspecified atom stereocenters. The minimum absolute atomic E-state index is 0.145. The molecular formula is C41H60N6O8S. The van der Waals surface area contributed by atoms with E-state index < -0.39 is 0 Å². The molecule has 2 aromatic heterocycles. The number of ether oxygens (including phenoxy) is 5. The van der Waals surface area contributed by atoms with Gasteiger partial charge >= 0.3 is 0 Å². The molecule has 0 radical (unpaired) electrons. The highest BCUT2D eigenvalue weighted by atomic mass is 32.2. The van der Waals surface area contributed by atoms with E-state index in [2.05, 4.69) is 63.5 Å². The first kappa shape index (κ1) is 50.0. The van der Waals surface area contributed by atoms with Crippen LogP contribution in [0.5, 0.6) is 0 Å². The summed E-state index contributed by atoms with van der Waals surface area (Å²) in [5.41, 5.74) is 4.77. The van der Waals surface area contributed by atoms with Crippen molar-refractivity contribution in [2.45, 2.75) is 46.7 Å². The predicted molar refractivity (Wildman–Crippen MR) is 220 cm³/mol. The number of hydrogen-bond donors (Lipinski definition) is 1. The number of aromatic nitrogens is 2. The number of hydrogen-bond acceptors (Lipinski definition) is 15. The van der Waals surface area contributed by atoms with Gasteiger partial charge in [-0.15, -0.1) is 0 Å². The van der Waals surface area contributed by atoms with Crippen molar-refractivity contribution in [2.24, 2.45) is 5.18 Å². The number of nitriles is 1. The van der Waals surface area contributed by atoms with Crippen molar-refractivity contribution in [1.29, 1.82) is 5.26 Å². The topological polar surface area (TPSA) is 175 Å². The van der Waals surface area contributed by atoms with E-state index in [1.165, 1.54) is 5.56 Å². The molecule has 0 aliphatic rings. The van der Waals surface area contributed by atoms with Gasteiger partial charge in [0.1, 0.15) is 23.3 Å². The lowest BCUT2D eigenvalue weighted by atomic mass is 9.99. The average molecular weight is 797 g/mol. The largest absolute Gasteiger partial charge is 0.380 e. The second-order valence-corrected chi connectivity index (χ2v) is 12.5. The Kier molecular flexibility index (Phi) is 31.7. The monoisotopic (exact) mass is 796 g/mol. The van der Waals surface area contributed by atoms with Crippen LogP contribution in [0.25, 0.3) is 0 Å². The van der Waals surface area contributed by atoms with Crippen LogP contribution in [0.15, 0.2) is 65.8 Å². The number of carbonyl (C=O) groups is 2. The van der Waals surface area contributed by atoms with E-state index >= 15 is 0 Å². The maximum atomic E-state index is 11.5. The zero-order valence-electron chi connectivity index (χ0n) is 33.4. The van der Waals surface area contributed by atoms with E-state index in [-0.39, 0.29) is 12.6 Å². The van der Waals surface area contributed by atoms with E-state index in [0.29, 0.717) is 109 Å². The van der Waals surface area contributed by atoms with E-state index in [1.54, 1.807) is 12.1 Å². The molecule has 1 atom stereocenters. The van der Waals surface area contributed by atoms with Crippen LogP contribution < -0.4 is 5.32 Å². The molecule has 0 aliphatic carbocycles. The first-order valence-electron chi connectivity index (χ1n) is 19.1. The quantitative estimate of drug-likeness (QED) is 0.0356. The van der Waals surface area contributed by atoms with Gasteiger partial charge in [0.05, 0.1) is 76.9 Å². The van der Waals surface area contributed by atoms with Gasteiger partial charge in [0.25, 0.3) is 0 Å². The van der Waals surface area contributed by atoms with Crippen molar-refractivity contribution >= 4 is 24.3 Å². The molecule has 15 heteroatoms. The lowest BCUT2D eigenvalue weighted by molar-refractivity contribution is 0.0290. The molecule has 0 saturated heterocycles. The lowest BCUT2D eigenvalue weighted by Crippen LogP contribution is -2.36. The number of nitroso groups, excluding NO2 is 1. The maximum absolute atomic E-state index is 11.5. The van der Waals surface area contributed by atoms with Crippen LogP contribution >= 0.6 is 11.8 Å². The highest BCUT2D eigenvalue weighted by Gasteiger charge is 2.24. The number of nitrogens with one attached hydrogen (secondary N) is 1. The Labute approximate surface area is 337 Å². The summed E-state index contributed by atoms with van der Waals surface area (Å²) in [4.78, 5) is 43.1. The number of benzene rings is 1. The molecule has 1 aromatic carbocycles. The molecule has 1 N–H and O–H groups in total. The number of aldehydes is 2. The highest BCUT2D eigenvalue weighted by Crippen LogP contribution is 2.28. The van der Waals surface area contributed by atoms with Crippen molar-refractivity contribution in [3.05, 3.63) is 99.5 Å². The third-order valence-electron chi connectivity index (χ3n) is 7.49. The third kappa shape index (κ3) is 23.8. The first-order valence-corrected chi connectivity index (χ1v) is 20.1. The lowest BCUT2D eigenvalue weighted by Gasteiger charge is -2.32. The summed E-state index contributed by atoms with van der Waals surface area (Å²) in [6, 6.07) is 19.2. The normalized spacial score (nSPS) is 11.1. The molecule has 56 heavy (non-hydrogen) atoms. The smallest absolute Gasteiger partial charge is 0.168 e. The van der Waals surface area contributed by atoms with Gasteiger partial charge < -0.3 is 29.0 Å². The second-order valence-electron chi connectivity index (χ2n) is 11.7. The van der Waals surface area contributed by atoms with Gasteiger partial charge in [-0.3, -0.25) is 14.5 Å². The van der Waals surface area contributed by atoms with Crippen molar-refractivity contribution in [3.8, 4) is 5.40 Å². The SMILES string of the molecule is CC.CCCOCCN(CCOCCOCCNCc1cccc(C=O)n1)C(c1ccc(C)cc1)c1cccc(C=O)n1.N#CSCCOCCOCCN=O. The van der Waals surface area contributed by atoms with Crippen LogP contribution in [0, 0.1) is 22.5 Å². The van der Waals surface area contributed by atoms with Crippen molar-refractivity contribution in [3.63, 3.8) is 0 Å². The Morgan fingerprint density at radius 3 is 2.00 bits per heavy atom. The van der Waals surface area contributed by atoms with Gasteiger partial charge in [-0.25, -0.2) is 9.97 Å². The fraction of sp³-hybridized carbons (Fsp3) is 0.537. The zero-order valence-corrected chi connectivity index (χ0v) is 34.3. The standard InChI is InChI=1S/C32H42N4O5.C7H12N2O3S.C2H6/c1-3-17-39-19-15-36(32(27-12-10-26(2)11-13-27)31-9-5-8-30(25-38)35-31)16-20-41-22-21-40-18-14-33-23-28-6-4-7-29(24-37)34-28;8-7-13-6-5-12-4-3-11-2-1-9-10;1-2/h4-13,24-25,32-33H,3,14-23H2,1-2H3;1-6H2;1-2H3. The summed E-state index contributed by atoms with van der Waals surface area (Å²) < 4.78 is 27.6. The molecule has 0 saturated carbocycles. The number of rotatable bonds is 30. The maximum Gasteiger partial charge on any atom is 0.168 e. The Morgan fingerprint density at radius 1 is 0.786 bits per heavy atom. The number of carbonyl (C=O) groups excluding carboxylic acids is 2. The number of thiocyanates is 1. The minimum Gasteiger partial charge on any atom is -0.380 e. The Hall–Kier alpha value is -3.98. The fourth-order valence-corrected chi connectivity index (χ4v) is 5.19. The van der Waals surface area contributed by atoms with Gasteiger partial charge in [-0.1, -0.05) is 67.9 Å².